The zero-order chi connectivity index (χ0) is 17.2. The topological polar surface area (TPSA) is 46.9 Å². The first-order valence-corrected chi connectivity index (χ1v) is 8.23. The van der Waals surface area contributed by atoms with Crippen LogP contribution in [-0.4, -0.2) is 21.7 Å². The first-order valence-electron chi connectivity index (χ1n) is 8.23. The number of rotatable bonds is 4. The molecule has 0 spiro atoms. The largest absolute Gasteiger partial charge is 0.435 e. The molecular formula is C17H20F3N3O. The fourth-order valence-electron chi connectivity index (χ4n) is 3.25. The zero-order valence-electron chi connectivity index (χ0n) is 13.2. The van der Waals surface area contributed by atoms with Crippen LogP contribution in [0.1, 0.15) is 49.4 Å². The molecule has 1 N–H and O–H groups in total. The molecule has 0 bridgehead atoms. The number of nitrogens with one attached hydrogen (secondary N) is 1. The molecule has 0 unspecified atom stereocenters. The van der Waals surface area contributed by atoms with Gasteiger partial charge >= 0.3 is 6.18 Å². The standard InChI is InChI=1S/C17H20F3N3O/c18-17(19,20)15-10-14(12-6-4-5-7-12)23(22-15)11-16(24)21-13-8-2-1-3-9-13/h4-7,10,12-13H,1-3,8-9,11H2,(H,21,24). The van der Waals surface area contributed by atoms with Gasteiger partial charge in [0.15, 0.2) is 5.69 Å². The Morgan fingerprint density at radius 2 is 1.88 bits per heavy atom. The van der Waals surface area contributed by atoms with E-state index in [1.165, 1.54) is 11.1 Å². The maximum atomic E-state index is 13.0. The Bertz CT molecular complexity index is 643. The van der Waals surface area contributed by atoms with Gasteiger partial charge in [-0.05, 0) is 18.9 Å². The molecule has 1 aromatic rings. The van der Waals surface area contributed by atoms with Crippen LogP contribution in [0.3, 0.4) is 0 Å². The average molecular weight is 339 g/mol. The summed E-state index contributed by atoms with van der Waals surface area (Å²) < 4.78 is 40.1. The second-order valence-electron chi connectivity index (χ2n) is 6.31. The molecule has 0 aliphatic heterocycles. The SMILES string of the molecule is O=C(Cn1nc(C(F)(F)F)cc1C1C=CC=C1)NC1CCCCC1. The molecule has 0 atom stereocenters. The second kappa shape index (κ2) is 6.83. The van der Waals surface area contributed by atoms with Crippen LogP contribution in [0.4, 0.5) is 13.2 Å². The van der Waals surface area contributed by atoms with Gasteiger partial charge in [-0.3, -0.25) is 9.48 Å². The number of carbonyl (C=O) groups excluding carboxylic acids is 1. The van der Waals surface area contributed by atoms with E-state index < -0.39 is 11.9 Å². The molecule has 1 aromatic heterocycles. The summed E-state index contributed by atoms with van der Waals surface area (Å²) in [7, 11) is 0. The molecule has 24 heavy (non-hydrogen) atoms. The van der Waals surface area contributed by atoms with Gasteiger partial charge in [0.1, 0.15) is 6.54 Å². The normalized spacial score (nSPS) is 19.1. The van der Waals surface area contributed by atoms with E-state index in [0.717, 1.165) is 31.7 Å². The van der Waals surface area contributed by atoms with Crippen LogP contribution in [0.15, 0.2) is 30.4 Å². The van der Waals surface area contributed by atoms with E-state index in [2.05, 4.69) is 10.4 Å². The van der Waals surface area contributed by atoms with E-state index in [4.69, 9.17) is 0 Å². The molecule has 0 saturated heterocycles. The molecule has 4 nitrogen and oxygen atoms in total. The maximum Gasteiger partial charge on any atom is 0.435 e. The van der Waals surface area contributed by atoms with Crippen molar-refractivity contribution in [1.29, 1.82) is 0 Å². The lowest BCUT2D eigenvalue weighted by molar-refractivity contribution is -0.141. The zero-order valence-corrected chi connectivity index (χ0v) is 13.2. The molecule has 1 heterocycles. The quantitative estimate of drug-likeness (QED) is 0.912. The lowest BCUT2D eigenvalue weighted by Crippen LogP contribution is -2.38. The van der Waals surface area contributed by atoms with Crippen molar-refractivity contribution in [2.45, 2.75) is 56.8 Å². The molecule has 7 heteroatoms. The van der Waals surface area contributed by atoms with Crippen LogP contribution in [0.2, 0.25) is 0 Å². The van der Waals surface area contributed by atoms with Crippen molar-refractivity contribution in [2.75, 3.05) is 0 Å². The lowest BCUT2D eigenvalue weighted by atomic mass is 9.95. The average Bonchev–Trinajstić information content (AvgIpc) is 3.16. The van der Waals surface area contributed by atoms with E-state index in [-0.39, 0.29) is 24.4 Å². The summed E-state index contributed by atoms with van der Waals surface area (Å²) >= 11 is 0. The summed E-state index contributed by atoms with van der Waals surface area (Å²) in [6, 6.07) is 1.15. The highest BCUT2D eigenvalue weighted by atomic mass is 19.4. The van der Waals surface area contributed by atoms with E-state index in [0.29, 0.717) is 5.69 Å². The van der Waals surface area contributed by atoms with E-state index in [1.807, 2.05) is 0 Å². The summed E-state index contributed by atoms with van der Waals surface area (Å²) in [5.41, 5.74) is -0.581. The van der Waals surface area contributed by atoms with Gasteiger partial charge in [-0.15, -0.1) is 0 Å². The summed E-state index contributed by atoms with van der Waals surface area (Å²) in [6.45, 7) is -0.194. The van der Waals surface area contributed by atoms with Gasteiger partial charge in [-0.2, -0.15) is 18.3 Å². The minimum Gasteiger partial charge on any atom is -0.352 e. The van der Waals surface area contributed by atoms with E-state index in [1.54, 1.807) is 24.3 Å². The van der Waals surface area contributed by atoms with Crippen molar-refractivity contribution in [1.82, 2.24) is 15.1 Å². The number of nitrogens with zero attached hydrogens (tertiary/aromatic N) is 2. The fraction of sp³-hybridized carbons (Fsp3) is 0.529. The van der Waals surface area contributed by atoms with Gasteiger partial charge < -0.3 is 5.32 Å². The number of hydrogen-bond donors (Lipinski definition) is 1. The summed E-state index contributed by atoms with van der Waals surface area (Å²) in [5.74, 6) is -0.568. The van der Waals surface area contributed by atoms with Crippen molar-refractivity contribution in [3.05, 3.63) is 41.8 Å². The van der Waals surface area contributed by atoms with Crippen molar-refractivity contribution >= 4 is 5.91 Å². The second-order valence-corrected chi connectivity index (χ2v) is 6.31. The van der Waals surface area contributed by atoms with Gasteiger partial charge in [0, 0.05) is 12.0 Å². The number of carbonyl (C=O) groups is 1. The van der Waals surface area contributed by atoms with Gasteiger partial charge in [0.05, 0.1) is 5.69 Å². The molecular weight excluding hydrogens is 319 g/mol. The summed E-state index contributed by atoms with van der Waals surface area (Å²) in [6.07, 6.45) is 7.78. The van der Waals surface area contributed by atoms with Crippen LogP contribution in [-0.2, 0) is 17.5 Å². The predicted octanol–water partition coefficient (Wildman–Crippen LogP) is 3.56. The molecule has 3 rings (SSSR count). The third-order valence-corrected chi connectivity index (χ3v) is 4.45. The molecule has 0 aromatic carbocycles. The molecule has 2 aliphatic carbocycles. The third-order valence-electron chi connectivity index (χ3n) is 4.45. The minimum absolute atomic E-state index is 0.124. The Kier molecular flexibility index (Phi) is 4.78. The minimum atomic E-state index is -4.52. The van der Waals surface area contributed by atoms with Crippen LogP contribution in [0.5, 0.6) is 0 Å². The maximum absolute atomic E-state index is 13.0. The van der Waals surface area contributed by atoms with E-state index in [9.17, 15) is 18.0 Å². The van der Waals surface area contributed by atoms with Gasteiger partial charge in [-0.1, -0.05) is 43.6 Å². The Labute approximate surface area is 138 Å². The Balaban J connectivity index is 1.75. The molecule has 2 aliphatic rings. The molecule has 1 fully saturated rings. The highest BCUT2D eigenvalue weighted by Gasteiger charge is 2.36. The first kappa shape index (κ1) is 16.8. The molecule has 130 valence electrons. The summed E-state index contributed by atoms with van der Waals surface area (Å²) in [5, 5.41) is 6.54. The number of hydrogen-bond acceptors (Lipinski definition) is 2. The number of allylic oxidation sites excluding steroid dienone is 4. The van der Waals surface area contributed by atoms with Crippen molar-refractivity contribution in [2.24, 2.45) is 0 Å². The third kappa shape index (κ3) is 3.88. The Hall–Kier alpha value is -2.05. The van der Waals surface area contributed by atoms with Crippen LogP contribution in [0.25, 0.3) is 0 Å². The smallest absolute Gasteiger partial charge is 0.352 e. The van der Waals surface area contributed by atoms with Crippen LogP contribution < -0.4 is 5.32 Å². The van der Waals surface area contributed by atoms with Crippen LogP contribution in [0, 0.1) is 0 Å². The lowest BCUT2D eigenvalue weighted by Gasteiger charge is -2.23. The molecule has 0 radical (unpaired) electrons. The van der Waals surface area contributed by atoms with Crippen molar-refractivity contribution in [3.8, 4) is 0 Å². The number of alkyl halides is 3. The van der Waals surface area contributed by atoms with Crippen molar-refractivity contribution < 1.29 is 18.0 Å². The Morgan fingerprint density at radius 3 is 2.50 bits per heavy atom. The predicted molar refractivity (Wildman–Crippen MR) is 83.3 cm³/mol. The highest BCUT2D eigenvalue weighted by Crippen LogP contribution is 2.32. The number of amides is 1. The number of halogens is 3. The van der Waals surface area contributed by atoms with Crippen LogP contribution >= 0.6 is 0 Å². The number of aromatic nitrogens is 2. The van der Waals surface area contributed by atoms with Gasteiger partial charge in [-0.25, -0.2) is 0 Å². The van der Waals surface area contributed by atoms with E-state index >= 15 is 0 Å². The van der Waals surface area contributed by atoms with Crippen molar-refractivity contribution in [3.63, 3.8) is 0 Å². The monoisotopic (exact) mass is 339 g/mol. The fourth-order valence-corrected chi connectivity index (χ4v) is 3.25. The highest BCUT2D eigenvalue weighted by molar-refractivity contribution is 5.76. The van der Waals surface area contributed by atoms with Gasteiger partial charge in [0.25, 0.3) is 0 Å². The summed E-state index contributed by atoms with van der Waals surface area (Å²) in [4.78, 5) is 12.2. The van der Waals surface area contributed by atoms with Gasteiger partial charge in [0.2, 0.25) is 5.91 Å². The molecule has 1 saturated carbocycles. The Morgan fingerprint density at radius 1 is 1.21 bits per heavy atom. The first-order chi connectivity index (χ1) is 11.4. The molecule has 1 amide bonds.